The molecule has 2 aliphatic heterocycles. The van der Waals surface area contributed by atoms with Crippen molar-refractivity contribution in [2.75, 3.05) is 24.6 Å². The fourth-order valence-electron chi connectivity index (χ4n) is 4.57. The summed E-state index contributed by atoms with van der Waals surface area (Å²) in [6.07, 6.45) is 2.64. The number of ether oxygens (including phenoxy) is 2. The van der Waals surface area contributed by atoms with Crippen molar-refractivity contribution >= 4 is 29.3 Å². The molecule has 0 spiro atoms. The van der Waals surface area contributed by atoms with E-state index in [4.69, 9.17) is 19.7 Å². The van der Waals surface area contributed by atoms with Crippen molar-refractivity contribution in [1.82, 2.24) is 24.5 Å². The van der Waals surface area contributed by atoms with Gasteiger partial charge in [-0.2, -0.15) is 15.3 Å². The molecule has 3 aromatic heterocycles. The fraction of sp³-hybridized carbons (Fsp3) is 0.286. The van der Waals surface area contributed by atoms with E-state index in [-0.39, 0.29) is 24.0 Å². The van der Waals surface area contributed by atoms with E-state index in [2.05, 4.69) is 15.1 Å². The minimum absolute atomic E-state index is 0.0222. The molecule has 4 aromatic rings. The molecule has 13 heteroatoms. The lowest BCUT2D eigenvalue weighted by Crippen LogP contribution is -2.38. The number of aromatic carboxylic acids is 1. The molecule has 1 atom stereocenters. The number of carbonyl (C=O) groups is 1. The predicted octanol–water partition coefficient (Wildman–Crippen LogP) is 3.17. The minimum atomic E-state index is -1.09. The van der Waals surface area contributed by atoms with Crippen molar-refractivity contribution in [3.63, 3.8) is 0 Å². The average Bonchev–Trinajstić information content (AvgIpc) is 3.30. The summed E-state index contributed by atoms with van der Waals surface area (Å²) < 4.78 is 27.4. The SMILES string of the molecule is N#Cc1ccc(COc2cccc(N3C=NN(Cc4nc5ccc(C(=O)O)nc5n4C[C@@H]4CCO4)CC3)n2)c(F)c1. The Hall–Kier alpha value is -5.09. The maximum Gasteiger partial charge on any atom is 0.354 e. The first-order valence-corrected chi connectivity index (χ1v) is 13.0. The van der Waals surface area contributed by atoms with Gasteiger partial charge >= 0.3 is 5.97 Å². The van der Waals surface area contributed by atoms with Crippen LogP contribution >= 0.6 is 0 Å². The Morgan fingerprint density at radius 1 is 1.17 bits per heavy atom. The highest BCUT2D eigenvalue weighted by Crippen LogP contribution is 2.23. The van der Waals surface area contributed by atoms with Gasteiger partial charge in [-0.1, -0.05) is 12.1 Å². The van der Waals surface area contributed by atoms with Gasteiger partial charge < -0.3 is 24.0 Å². The lowest BCUT2D eigenvalue weighted by Gasteiger charge is -2.30. The standard InChI is InChI=1S/C28H25FN8O4/c29-21-12-18(13-30)4-5-19(21)16-41-26-3-1-2-24(34-26)35-9-10-36(31-17-35)15-25-32-22-6-7-23(28(38)39)33-27(22)37(25)14-20-8-11-40-20/h1-7,12,17,20H,8-11,14-16H2,(H,38,39)/t20-/m0/s1. The van der Waals surface area contributed by atoms with E-state index in [9.17, 15) is 14.3 Å². The molecule has 1 N–H and O–H groups in total. The second-order valence-corrected chi connectivity index (χ2v) is 9.62. The number of hydrogen-bond acceptors (Lipinski definition) is 10. The number of aromatic nitrogens is 4. The average molecular weight is 557 g/mol. The molecule has 1 fully saturated rings. The molecule has 41 heavy (non-hydrogen) atoms. The first-order valence-electron chi connectivity index (χ1n) is 13.0. The van der Waals surface area contributed by atoms with E-state index >= 15 is 0 Å². The van der Waals surface area contributed by atoms with Crippen LogP contribution in [-0.4, -0.2) is 67.7 Å². The third-order valence-electron chi connectivity index (χ3n) is 6.91. The third kappa shape index (κ3) is 5.64. The van der Waals surface area contributed by atoms with Crippen molar-refractivity contribution < 1.29 is 23.8 Å². The van der Waals surface area contributed by atoms with Crippen LogP contribution < -0.4 is 9.64 Å². The molecule has 208 valence electrons. The van der Waals surface area contributed by atoms with Crippen molar-refractivity contribution in [2.24, 2.45) is 5.10 Å². The highest BCUT2D eigenvalue weighted by molar-refractivity contribution is 5.88. The van der Waals surface area contributed by atoms with Gasteiger partial charge in [0, 0.05) is 24.8 Å². The molecule has 0 radical (unpaired) electrons. The van der Waals surface area contributed by atoms with Gasteiger partial charge in [0.25, 0.3) is 0 Å². The topological polar surface area (TPSA) is 142 Å². The zero-order chi connectivity index (χ0) is 28.3. The van der Waals surface area contributed by atoms with Gasteiger partial charge in [0.1, 0.15) is 35.9 Å². The first kappa shape index (κ1) is 26.1. The monoisotopic (exact) mass is 556 g/mol. The van der Waals surface area contributed by atoms with Crippen LogP contribution in [0.3, 0.4) is 0 Å². The molecule has 2 aliphatic rings. The third-order valence-corrected chi connectivity index (χ3v) is 6.91. The molecular weight excluding hydrogens is 531 g/mol. The molecule has 0 unspecified atom stereocenters. The number of nitriles is 1. The van der Waals surface area contributed by atoms with Gasteiger partial charge in [0.2, 0.25) is 5.88 Å². The molecule has 0 amide bonds. The zero-order valence-corrected chi connectivity index (χ0v) is 21.9. The molecule has 5 heterocycles. The second kappa shape index (κ2) is 11.2. The Kier molecular flexibility index (Phi) is 7.13. The van der Waals surface area contributed by atoms with Crippen molar-refractivity contribution in [2.45, 2.75) is 32.2 Å². The van der Waals surface area contributed by atoms with Gasteiger partial charge in [0.05, 0.1) is 37.4 Å². The number of rotatable bonds is 9. The summed E-state index contributed by atoms with van der Waals surface area (Å²) in [7, 11) is 0. The van der Waals surface area contributed by atoms with Crippen LogP contribution in [0.2, 0.25) is 0 Å². The molecule has 0 saturated carbocycles. The van der Waals surface area contributed by atoms with Crippen LogP contribution in [0, 0.1) is 17.1 Å². The number of carboxylic acid groups (broad SMARTS) is 1. The van der Waals surface area contributed by atoms with Gasteiger partial charge in [-0.25, -0.2) is 19.2 Å². The summed E-state index contributed by atoms with van der Waals surface area (Å²) >= 11 is 0. The second-order valence-electron chi connectivity index (χ2n) is 9.62. The highest BCUT2D eigenvalue weighted by atomic mass is 19.1. The molecular formula is C28H25FN8O4. The number of carboxylic acids is 1. The molecule has 1 saturated heterocycles. The van der Waals surface area contributed by atoms with Gasteiger partial charge in [0.15, 0.2) is 11.3 Å². The smallest absolute Gasteiger partial charge is 0.354 e. The number of imidazole rings is 1. The highest BCUT2D eigenvalue weighted by Gasteiger charge is 2.24. The number of anilines is 1. The van der Waals surface area contributed by atoms with Crippen LogP contribution in [0.15, 0.2) is 53.6 Å². The van der Waals surface area contributed by atoms with E-state index in [1.165, 1.54) is 18.2 Å². The summed E-state index contributed by atoms with van der Waals surface area (Å²) in [6, 6.07) is 14.6. The van der Waals surface area contributed by atoms with Crippen LogP contribution in [0.5, 0.6) is 5.88 Å². The van der Waals surface area contributed by atoms with Crippen LogP contribution in [0.25, 0.3) is 11.2 Å². The first-order chi connectivity index (χ1) is 20.0. The van der Waals surface area contributed by atoms with E-state index in [1.807, 2.05) is 26.6 Å². The van der Waals surface area contributed by atoms with Crippen molar-refractivity contribution in [3.05, 3.63) is 77.0 Å². The summed E-state index contributed by atoms with van der Waals surface area (Å²) in [5, 5.41) is 24.8. The lowest BCUT2D eigenvalue weighted by atomic mass is 10.1. The number of hydrazone groups is 1. The Bertz CT molecular complexity index is 1680. The number of pyridine rings is 2. The molecule has 0 bridgehead atoms. The van der Waals surface area contributed by atoms with Gasteiger partial charge in [-0.05, 0) is 36.8 Å². The molecule has 0 aliphatic carbocycles. The summed E-state index contributed by atoms with van der Waals surface area (Å²) in [5.74, 6) is 0.0922. The summed E-state index contributed by atoms with van der Waals surface area (Å²) in [6.45, 7) is 2.80. The Labute approximate surface area is 233 Å². The van der Waals surface area contributed by atoms with E-state index in [0.717, 1.165) is 12.2 Å². The summed E-state index contributed by atoms with van der Waals surface area (Å²) in [5.41, 5.74) is 1.68. The Balaban J connectivity index is 1.14. The Morgan fingerprint density at radius 3 is 2.76 bits per heavy atom. The fourth-order valence-corrected chi connectivity index (χ4v) is 4.57. The lowest BCUT2D eigenvalue weighted by molar-refractivity contribution is -0.0592. The summed E-state index contributed by atoms with van der Waals surface area (Å²) in [4.78, 5) is 27.0. The minimum Gasteiger partial charge on any atom is -0.477 e. The van der Waals surface area contributed by atoms with Crippen LogP contribution in [0.1, 0.15) is 33.9 Å². The molecule has 1 aromatic carbocycles. The maximum atomic E-state index is 14.2. The van der Waals surface area contributed by atoms with Gasteiger partial charge in [-0.3, -0.25) is 5.01 Å². The van der Waals surface area contributed by atoms with E-state index in [0.29, 0.717) is 61.2 Å². The van der Waals surface area contributed by atoms with E-state index in [1.54, 1.807) is 30.6 Å². The number of nitrogens with zero attached hydrogens (tertiary/aromatic N) is 8. The number of hydrogen-bond donors (Lipinski definition) is 1. The van der Waals surface area contributed by atoms with Crippen molar-refractivity contribution in [1.29, 1.82) is 5.26 Å². The van der Waals surface area contributed by atoms with Crippen LogP contribution in [0.4, 0.5) is 10.2 Å². The normalized spacial score (nSPS) is 16.4. The van der Waals surface area contributed by atoms with E-state index < -0.39 is 11.8 Å². The largest absolute Gasteiger partial charge is 0.477 e. The quantitative estimate of drug-likeness (QED) is 0.327. The zero-order valence-electron chi connectivity index (χ0n) is 21.9. The molecule has 6 rings (SSSR count). The number of benzene rings is 1. The van der Waals surface area contributed by atoms with Gasteiger partial charge in [-0.15, -0.1) is 0 Å². The number of halogens is 1. The van der Waals surface area contributed by atoms with Crippen molar-refractivity contribution in [3.8, 4) is 11.9 Å². The maximum absolute atomic E-state index is 14.2. The number of fused-ring (bicyclic) bond motifs is 1. The predicted molar refractivity (Wildman–Crippen MR) is 145 cm³/mol. The Morgan fingerprint density at radius 2 is 2.05 bits per heavy atom. The van der Waals surface area contributed by atoms with Crippen LogP contribution in [-0.2, 0) is 24.4 Å². The molecule has 12 nitrogen and oxygen atoms in total.